The molecule has 1 aliphatic rings. The first-order chi connectivity index (χ1) is 17.8. The first kappa shape index (κ1) is 24.7. The van der Waals surface area contributed by atoms with Crippen molar-refractivity contribution in [3.63, 3.8) is 0 Å². The average Bonchev–Trinajstić information content (AvgIpc) is 2.92. The van der Waals surface area contributed by atoms with Gasteiger partial charge < -0.3 is 19.7 Å². The van der Waals surface area contributed by atoms with Gasteiger partial charge in [0.1, 0.15) is 0 Å². The van der Waals surface area contributed by atoms with Crippen LogP contribution in [0.2, 0.25) is 0 Å². The number of hydrogen-bond acceptors (Lipinski definition) is 5. The number of nitrogens with one attached hydrogen (secondary N) is 1. The zero-order chi connectivity index (χ0) is 26.1. The van der Waals surface area contributed by atoms with Gasteiger partial charge in [0.25, 0.3) is 11.5 Å². The minimum atomic E-state index is -0.171. The van der Waals surface area contributed by atoms with Crippen molar-refractivity contribution in [2.24, 2.45) is 7.05 Å². The largest absolute Gasteiger partial charge is 0.369 e. The summed E-state index contributed by atoms with van der Waals surface area (Å²) in [5.41, 5.74) is 6.30. The van der Waals surface area contributed by atoms with Crippen molar-refractivity contribution < 1.29 is 4.79 Å². The van der Waals surface area contributed by atoms with Crippen molar-refractivity contribution >= 4 is 28.2 Å². The van der Waals surface area contributed by atoms with Gasteiger partial charge in [-0.2, -0.15) is 0 Å². The van der Waals surface area contributed by atoms with Crippen LogP contribution in [0.4, 0.5) is 11.4 Å². The molecular weight excluding hydrogens is 462 g/mol. The number of carbonyl (C=O) groups excluding carboxylic acids is 1. The number of pyridine rings is 2. The minimum Gasteiger partial charge on any atom is -0.369 e. The number of aryl methyl sites for hydroxylation is 3. The van der Waals surface area contributed by atoms with E-state index in [-0.39, 0.29) is 11.5 Å². The fourth-order valence-corrected chi connectivity index (χ4v) is 5.02. The molecule has 0 radical (unpaired) electrons. The highest BCUT2D eigenvalue weighted by molar-refractivity contribution is 6.05. The van der Waals surface area contributed by atoms with Crippen LogP contribution in [0.3, 0.4) is 0 Å². The molecule has 7 heteroatoms. The fraction of sp³-hybridized carbons (Fsp3) is 0.300. The van der Waals surface area contributed by atoms with Crippen molar-refractivity contribution in [3.05, 3.63) is 88.0 Å². The van der Waals surface area contributed by atoms with Crippen LogP contribution >= 0.6 is 0 Å². The summed E-state index contributed by atoms with van der Waals surface area (Å²) in [5, 5.41) is 3.93. The Bertz CT molecular complexity index is 1530. The Labute approximate surface area is 217 Å². The lowest BCUT2D eigenvalue weighted by Crippen LogP contribution is -2.46. The molecule has 0 unspecified atom stereocenters. The van der Waals surface area contributed by atoms with Crippen LogP contribution in [0.25, 0.3) is 22.0 Å². The van der Waals surface area contributed by atoms with Crippen LogP contribution < -0.4 is 15.8 Å². The number of rotatable bonds is 5. The molecule has 1 fully saturated rings. The number of likely N-dealkylation sites (N-methyl/N-ethyl adjacent to an activating group) is 1. The van der Waals surface area contributed by atoms with E-state index in [1.54, 1.807) is 17.8 Å². The number of piperazine rings is 1. The Kier molecular flexibility index (Phi) is 6.80. The van der Waals surface area contributed by atoms with Crippen molar-refractivity contribution in [2.45, 2.75) is 20.8 Å². The molecule has 190 valence electrons. The maximum Gasteiger partial charge on any atom is 0.258 e. The predicted octanol–water partition coefficient (Wildman–Crippen LogP) is 4.61. The second-order valence-electron chi connectivity index (χ2n) is 9.76. The van der Waals surface area contributed by atoms with Crippen molar-refractivity contribution in [3.8, 4) is 11.1 Å². The molecule has 1 amide bonds. The third-order valence-corrected chi connectivity index (χ3v) is 7.32. The zero-order valence-electron chi connectivity index (χ0n) is 21.9. The summed E-state index contributed by atoms with van der Waals surface area (Å²) in [6.07, 6.45) is 1.80. The molecule has 0 spiro atoms. The first-order valence-corrected chi connectivity index (χ1v) is 12.8. The number of amides is 1. The average molecular weight is 496 g/mol. The molecule has 37 heavy (non-hydrogen) atoms. The summed E-state index contributed by atoms with van der Waals surface area (Å²) in [6.45, 7) is 11.1. The van der Waals surface area contributed by atoms with E-state index in [4.69, 9.17) is 0 Å². The van der Waals surface area contributed by atoms with E-state index in [9.17, 15) is 9.59 Å². The number of aromatic nitrogens is 2. The first-order valence-electron chi connectivity index (χ1n) is 12.8. The molecule has 7 nitrogen and oxygen atoms in total. The highest BCUT2D eigenvalue weighted by atomic mass is 16.1. The minimum absolute atomic E-state index is 0.0828. The van der Waals surface area contributed by atoms with E-state index in [0.717, 1.165) is 66.1 Å². The molecule has 5 rings (SSSR count). The van der Waals surface area contributed by atoms with Gasteiger partial charge in [-0.05, 0) is 74.0 Å². The topological polar surface area (TPSA) is 70.5 Å². The smallest absolute Gasteiger partial charge is 0.258 e. The third-order valence-electron chi connectivity index (χ3n) is 7.32. The van der Waals surface area contributed by atoms with Gasteiger partial charge in [0.05, 0.1) is 5.52 Å². The summed E-state index contributed by atoms with van der Waals surface area (Å²) < 4.78 is 1.66. The predicted molar refractivity (Wildman–Crippen MR) is 151 cm³/mol. The van der Waals surface area contributed by atoms with Gasteiger partial charge in [-0.3, -0.25) is 14.6 Å². The molecule has 1 saturated heterocycles. The monoisotopic (exact) mass is 495 g/mol. The Balaban J connectivity index is 1.41. The number of carbonyl (C=O) groups is 1. The van der Waals surface area contributed by atoms with Gasteiger partial charge in [0.15, 0.2) is 0 Å². The van der Waals surface area contributed by atoms with Crippen LogP contribution in [-0.2, 0) is 7.05 Å². The van der Waals surface area contributed by atoms with Crippen molar-refractivity contribution in [2.75, 3.05) is 42.9 Å². The molecule has 1 aliphatic heterocycles. The summed E-state index contributed by atoms with van der Waals surface area (Å²) in [7, 11) is 1.78. The summed E-state index contributed by atoms with van der Waals surface area (Å²) in [6, 6.07) is 17.3. The molecule has 1 N–H and O–H groups in total. The molecule has 2 aromatic carbocycles. The molecular formula is C30H33N5O2. The van der Waals surface area contributed by atoms with Crippen LogP contribution in [0.5, 0.6) is 0 Å². The Morgan fingerprint density at radius 1 is 0.973 bits per heavy atom. The summed E-state index contributed by atoms with van der Waals surface area (Å²) >= 11 is 0. The molecule has 0 atom stereocenters. The van der Waals surface area contributed by atoms with E-state index in [1.807, 2.05) is 62.4 Å². The van der Waals surface area contributed by atoms with E-state index in [1.165, 1.54) is 0 Å². The Morgan fingerprint density at radius 3 is 2.51 bits per heavy atom. The number of benzene rings is 2. The lowest BCUT2D eigenvalue weighted by Gasteiger charge is -2.35. The second kappa shape index (κ2) is 10.2. The Hall–Kier alpha value is -3.97. The van der Waals surface area contributed by atoms with Gasteiger partial charge in [-0.15, -0.1) is 0 Å². The fourth-order valence-electron chi connectivity index (χ4n) is 5.02. The third kappa shape index (κ3) is 5.00. The number of anilines is 2. The highest BCUT2D eigenvalue weighted by Crippen LogP contribution is 2.27. The van der Waals surface area contributed by atoms with Crippen molar-refractivity contribution in [1.29, 1.82) is 0 Å². The summed E-state index contributed by atoms with van der Waals surface area (Å²) in [4.78, 5) is 35.6. The van der Waals surface area contributed by atoms with Gasteiger partial charge in [-0.1, -0.05) is 19.1 Å². The molecule has 3 heterocycles. The van der Waals surface area contributed by atoms with E-state index in [2.05, 4.69) is 33.1 Å². The number of hydrogen-bond donors (Lipinski definition) is 1. The second-order valence-corrected chi connectivity index (χ2v) is 9.76. The van der Waals surface area contributed by atoms with E-state index < -0.39 is 0 Å². The van der Waals surface area contributed by atoms with Crippen LogP contribution in [0.1, 0.15) is 28.5 Å². The quantitative estimate of drug-likeness (QED) is 0.438. The van der Waals surface area contributed by atoms with Crippen LogP contribution in [0.15, 0.2) is 65.6 Å². The molecule has 0 bridgehead atoms. The maximum absolute atomic E-state index is 13.3. The SMILES string of the molecule is CCN1CCN(c2cccc(C(=O)Nc3ccc(C)c(-c4cc5cnc(C)cc5n(C)c4=O)c3)c2)CC1. The molecule has 2 aromatic heterocycles. The molecule has 4 aromatic rings. The standard InChI is InChI=1S/C30H33N5O2/c1-5-34-11-13-35(14-12-34)25-8-6-7-22(16-25)29(36)32-24-10-9-20(2)26(18-24)27-17-23-19-31-21(3)15-28(23)33(4)30(27)37/h6-10,15-19H,5,11-14H2,1-4H3,(H,32,36). The Morgan fingerprint density at radius 2 is 1.76 bits per heavy atom. The molecule has 0 saturated carbocycles. The normalized spacial score (nSPS) is 14.2. The van der Waals surface area contributed by atoms with Gasteiger partial charge in [-0.25, -0.2) is 0 Å². The van der Waals surface area contributed by atoms with Crippen molar-refractivity contribution in [1.82, 2.24) is 14.5 Å². The van der Waals surface area contributed by atoms with Gasteiger partial charge in [0.2, 0.25) is 0 Å². The lowest BCUT2D eigenvalue weighted by atomic mass is 9.99. The van der Waals surface area contributed by atoms with Crippen LogP contribution in [-0.4, -0.2) is 53.1 Å². The number of fused-ring (bicyclic) bond motifs is 1. The number of nitrogens with zero attached hydrogens (tertiary/aromatic N) is 4. The van der Waals surface area contributed by atoms with E-state index in [0.29, 0.717) is 16.8 Å². The highest BCUT2D eigenvalue weighted by Gasteiger charge is 2.18. The summed E-state index contributed by atoms with van der Waals surface area (Å²) in [5.74, 6) is -0.171. The lowest BCUT2D eigenvalue weighted by molar-refractivity contribution is 0.102. The maximum atomic E-state index is 13.3. The van der Waals surface area contributed by atoms with E-state index >= 15 is 0 Å². The molecule has 0 aliphatic carbocycles. The van der Waals surface area contributed by atoms with Crippen LogP contribution in [0, 0.1) is 13.8 Å². The zero-order valence-corrected chi connectivity index (χ0v) is 21.9. The van der Waals surface area contributed by atoms with Gasteiger partial charge in [0, 0.05) is 73.0 Å². The van der Waals surface area contributed by atoms with Gasteiger partial charge >= 0.3 is 0 Å².